The molecule has 0 saturated heterocycles. The van der Waals surface area contributed by atoms with Crippen molar-refractivity contribution in [2.75, 3.05) is 26.7 Å². The molecule has 4 heteroatoms. The number of carboxylic acids is 1. The number of likely N-dealkylation sites (N-methyl/N-ethyl adjacent to an activating group) is 1. The summed E-state index contributed by atoms with van der Waals surface area (Å²) in [6, 6.07) is 7.40. The summed E-state index contributed by atoms with van der Waals surface area (Å²) in [4.78, 5) is 12.7. The number of hydrogen-bond donors (Lipinski definition) is 1. The van der Waals surface area contributed by atoms with Gasteiger partial charge in [0.1, 0.15) is 12.4 Å². The lowest BCUT2D eigenvalue weighted by Crippen LogP contribution is -2.26. The van der Waals surface area contributed by atoms with E-state index in [-0.39, 0.29) is 0 Å². The van der Waals surface area contributed by atoms with Gasteiger partial charge in [0.15, 0.2) is 0 Å². The Balaban J connectivity index is 2.31. The summed E-state index contributed by atoms with van der Waals surface area (Å²) in [5.41, 5.74) is 0.846. The van der Waals surface area contributed by atoms with Gasteiger partial charge in [-0.15, -0.1) is 0 Å². The zero-order valence-corrected chi connectivity index (χ0v) is 13.1. The van der Waals surface area contributed by atoms with Gasteiger partial charge in [-0.2, -0.15) is 0 Å². The summed E-state index contributed by atoms with van der Waals surface area (Å²) in [5.74, 6) is 0.583. The van der Waals surface area contributed by atoms with E-state index in [2.05, 4.69) is 25.8 Å². The zero-order chi connectivity index (χ0) is 15.7. The van der Waals surface area contributed by atoms with Gasteiger partial charge in [0.05, 0.1) is 0 Å². The van der Waals surface area contributed by atoms with Gasteiger partial charge in [-0.3, -0.25) is 0 Å². The van der Waals surface area contributed by atoms with E-state index in [1.807, 2.05) is 24.3 Å². The van der Waals surface area contributed by atoms with Crippen LogP contribution >= 0.6 is 0 Å². The fourth-order valence-electron chi connectivity index (χ4n) is 1.75. The topological polar surface area (TPSA) is 49.8 Å². The molecular weight excluding hydrogens is 266 g/mol. The van der Waals surface area contributed by atoms with Crippen molar-refractivity contribution in [1.82, 2.24) is 4.90 Å². The molecule has 0 fully saturated rings. The van der Waals surface area contributed by atoms with E-state index in [1.54, 1.807) is 6.08 Å². The first-order chi connectivity index (χ1) is 9.97. The van der Waals surface area contributed by atoms with Crippen molar-refractivity contribution in [2.24, 2.45) is 5.92 Å². The number of aliphatic carboxylic acids is 1. The normalized spacial score (nSPS) is 11.5. The number of rotatable bonds is 9. The van der Waals surface area contributed by atoms with Crippen molar-refractivity contribution in [3.05, 3.63) is 35.9 Å². The Morgan fingerprint density at radius 1 is 1.29 bits per heavy atom. The van der Waals surface area contributed by atoms with E-state index in [0.717, 1.165) is 36.4 Å². The van der Waals surface area contributed by atoms with Gasteiger partial charge in [-0.25, -0.2) is 4.79 Å². The summed E-state index contributed by atoms with van der Waals surface area (Å²) in [5, 5.41) is 8.56. The van der Waals surface area contributed by atoms with Crippen LogP contribution in [0.3, 0.4) is 0 Å². The monoisotopic (exact) mass is 291 g/mol. The van der Waals surface area contributed by atoms with E-state index < -0.39 is 5.97 Å². The Hall–Kier alpha value is -1.81. The second-order valence-corrected chi connectivity index (χ2v) is 5.57. The van der Waals surface area contributed by atoms with Crippen LogP contribution in [0.2, 0.25) is 0 Å². The van der Waals surface area contributed by atoms with Gasteiger partial charge in [0.25, 0.3) is 0 Å². The molecule has 0 bridgehead atoms. The SMILES string of the molecule is CC(C)CCN(C)CCOc1ccc(C=CC(=O)O)cc1. The number of nitrogens with zero attached hydrogens (tertiary/aromatic N) is 1. The third-order valence-electron chi connectivity index (χ3n) is 3.13. The molecule has 1 N–H and O–H groups in total. The average Bonchev–Trinajstić information content (AvgIpc) is 2.44. The zero-order valence-electron chi connectivity index (χ0n) is 13.1. The van der Waals surface area contributed by atoms with E-state index >= 15 is 0 Å². The molecule has 0 amide bonds. The summed E-state index contributed by atoms with van der Waals surface area (Å²) in [6.45, 7) is 7.08. The highest BCUT2D eigenvalue weighted by Crippen LogP contribution is 2.13. The highest BCUT2D eigenvalue weighted by Gasteiger charge is 2.01. The molecule has 1 rings (SSSR count). The van der Waals surface area contributed by atoms with Crippen LogP contribution < -0.4 is 4.74 Å². The summed E-state index contributed by atoms with van der Waals surface area (Å²) in [7, 11) is 2.10. The Bertz CT molecular complexity index is 452. The average molecular weight is 291 g/mol. The van der Waals surface area contributed by atoms with Crippen LogP contribution in [0.4, 0.5) is 0 Å². The number of ether oxygens (including phenoxy) is 1. The first-order valence-electron chi connectivity index (χ1n) is 7.30. The summed E-state index contributed by atoms with van der Waals surface area (Å²) in [6.07, 6.45) is 3.88. The minimum atomic E-state index is -0.945. The maximum Gasteiger partial charge on any atom is 0.328 e. The van der Waals surface area contributed by atoms with Gasteiger partial charge in [0, 0.05) is 12.6 Å². The molecule has 116 valence electrons. The highest BCUT2D eigenvalue weighted by molar-refractivity contribution is 5.85. The Morgan fingerprint density at radius 3 is 2.52 bits per heavy atom. The summed E-state index contributed by atoms with van der Waals surface area (Å²) < 4.78 is 5.68. The molecule has 0 aliphatic heterocycles. The van der Waals surface area contributed by atoms with Crippen LogP contribution in [0.25, 0.3) is 6.08 Å². The van der Waals surface area contributed by atoms with Crippen molar-refractivity contribution < 1.29 is 14.6 Å². The Labute approximate surface area is 127 Å². The van der Waals surface area contributed by atoms with Crippen LogP contribution in [0.1, 0.15) is 25.8 Å². The molecule has 0 saturated carbocycles. The number of hydrogen-bond acceptors (Lipinski definition) is 3. The van der Waals surface area contributed by atoms with Crippen LogP contribution in [0.15, 0.2) is 30.3 Å². The molecule has 1 aromatic rings. The fourth-order valence-corrected chi connectivity index (χ4v) is 1.75. The molecule has 0 aliphatic rings. The van der Waals surface area contributed by atoms with Crippen LogP contribution in [0, 0.1) is 5.92 Å². The molecule has 21 heavy (non-hydrogen) atoms. The first kappa shape index (κ1) is 17.2. The van der Waals surface area contributed by atoms with Crippen molar-refractivity contribution >= 4 is 12.0 Å². The lowest BCUT2D eigenvalue weighted by atomic mass is 10.1. The molecular formula is C17H25NO3. The smallest absolute Gasteiger partial charge is 0.328 e. The molecule has 4 nitrogen and oxygen atoms in total. The molecule has 0 heterocycles. The van der Waals surface area contributed by atoms with Gasteiger partial charge < -0.3 is 14.7 Å². The van der Waals surface area contributed by atoms with Gasteiger partial charge in [-0.1, -0.05) is 26.0 Å². The summed E-state index contributed by atoms with van der Waals surface area (Å²) >= 11 is 0. The minimum absolute atomic E-state index is 0.652. The quantitative estimate of drug-likeness (QED) is 0.710. The van der Waals surface area contributed by atoms with Gasteiger partial charge in [-0.05, 0) is 49.7 Å². The molecule has 0 atom stereocenters. The van der Waals surface area contributed by atoms with Crippen molar-refractivity contribution in [3.63, 3.8) is 0 Å². The molecule has 0 spiro atoms. The fraction of sp³-hybridized carbons (Fsp3) is 0.471. The Morgan fingerprint density at radius 2 is 1.95 bits per heavy atom. The molecule has 1 aromatic carbocycles. The first-order valence-corrected chi connectivity index (χ1v) is 7.30. The second-order valence-electron chi connectivity index (χ2n) is 5.57. The highest BCUT2D eigenvalue weighted by atomic mass is 16.5. The van der Waals surface area contributed by atoms with Gasteiger partial charge in [0.2, 0.25) is 0 Å². The molecule has 0 aromatic heterocycles. The van der Waals surface area contributed by atoms with E-state index in [9.17, 15) is 4.79 Å². The number of benzene rings is 1. The van der Waals surface area contributed by atoms with Gasteiger partial charge >= 0.3 is 5.97 Å². The van der Waals surface area contributed by atoms with Crippen LogP contribution in [-0.4, -0.2) is 42.7 Å². The van der Waals surface area contributed by atoms with Crippen LogP contribution in [0.5, 0.6) is 5.75 Å². The predicted molar refractivity (Wildman–Crippen MR) is 85.6 cm³/mol. The maximum absolute atomic E-state index is 10.4. The lowest BCUT2D eigenvalue weighted by molar-refractivity contribution is -0.131. The minimum Gasteiger partial charge on any atom is -0.492 e. The number of carboxylic acid groups (broad SMARTS) is 1. The van der Waals surface area contributed by atoms with E-state index in [1.165, 1.54) is 6.42 Å². The standard InChI is InChI=1S/C17H25NO3/c1-14(2)10-11-18(3)12-13-21-16-7-4-15(5-8-16)6-9-17(19)20/h4-9,14H,10-13H2,1-3H3,(H,19,20). The predicted octanol–water partition coefficient (Wildman–Crippen LogP) is 3.14. The van der Waals surface area contributed by atoms with Crippen LogP contribution in [-0.2, 0) is 4.79 Å². The Kier molecular flexibility index (Phi) is 7.54. The third-order valence-corrected chi connectivity index (χ3v) is 3.13. The van der Waals surface area contributed by atoms with E-state index in [4.69, 9.17) is 9.84 Å². The third kappa shape index (κ3) is 8.15. The van der Waals surface area contributed by atoms with Crippen molar-refractivity contribution in [2.45, 2.75) is 20.3 Å². The largest absolute Gasteiger partial charge is 0.492 e. The molecule has 0 aliphatic carbocycles. The van der Waals surface area contributed by atoms with Crippen molar-refractivity contribution in [3.8, 4) is 5.75 Å². The molecule has 0 unspecified atom stereocenters. The second kappa shape index (κ2) is 9.19. The molecule has 0 radical (unpaired) electrons. The van der Waals surface area contributed by atoms with Crippen molar-refractivity contribution in [1.29, 1.82) is 0 Å². The number of carbonyl (C=O) groups is 1. The maximum atomic E-state index is 10.4. The lowest BCUT2D eigenvalue weighted by Gasteiger charge is -2.18. The van der Waals surface area contributed by atoms with E-state index in [0.29, 0.717) is 6.61 Å².